The lowest BCUT2D eigenvalue weighted by atomic mass is 9.99. The number of hydrogen-bond donors (Lipinski definition) is 0. The first-order valence-electron chi connectivity index (χ1n) is 7.05. The summed E-state index contributed by atoms with van der Waals surface area (Å²) in [5.74, 6) is 0.643. The molecule has 1 aromatic rings. The van der Waals surface area contributed by atoms with E-state index in [1.54, 1.807) is 0 Å². The summed E-state index contributed by atoms with van der Waals surface area (Å²) in [5, 5.41) is 0. The van der Waals surface area contributed by atoms with Gasteiger partial charge in [0.25, 0.3) is 0 Å². The third-order valence-corrected chi connectivity index (χ3v) is 3.59. The molecule has 19 heavy (non-hydrogen) atoms. The van der Waals surface area contributed by atoms with E-state index in [-0.39, 0.29) is 18.1 Å². The van der Waals surface area contributed by atoms with E-state index in [1.807, 2.05) is 23.1 Å². The number of carbonyl (C=O) groups is 1. The quantitative estimate of drug-likeness (QED) is 0.837. The number of hydrogen-bond acceptors (Lipinski definition) is 2. The molecule has 104 valence electrons. The second kappa shape index (κ2) is 6.20. The number of amides is 1. The van der Waals surface area contributed by atoms with Crippen LogP contribution < -0.4 is 0 Å². The van der Waals surface area contributed by atoms with Gasteiger partial charge in [0.2, 0.25) is 5.91 Å². The van der Waals surface area contributed by atoms with E-state index < -0.39 is 0 Å². The van der Waals surface area contributed by atoms with E-state index in [9.17, 15) is 4.79 Å². The summed E-state index contributed by atoms with van der Waals surface area (Å²) in [4.78, 5) is 14.2. The highest BCUT2D eigenvalue weighted by molar-refractivity contribution is 5.76. The van der Waals surface area contributed by atoms with Crippen molar-refractivity contribution in [3.8, 4) is 0 Å². The standard InChI is InChI=1S/C16H23NO2/c1-12(2)11-15(18)17-9-10-19-16(13(17)3)14-7-5-4-6-8-14/h4-8,12-13,16H,9-11H2,1-3H3. The highest BCUT2D eigenvalue weighted by atomic mass is 16.5. The minimum Gasteiger partial charge on any atom is -0.370 e. The van der Waals surface area contributed by atoms with Crippen molar-refractivity contribution in [2.24, 2.45) is 5.92 Å². The van der Waals surface area contributed by atoms with Crippen LogP contribution in [0.4, 0.5) is 0 Å². The predicted molar refractivity (Wildman–Crippen MR) is 75.8 cm³/mol. The maximum Gasteiger partial charge on any atom is 0.223 e. The van der Waals surface area contributed by atoms with Crippen LogP contribution in [0, 0.1) is 5.92 Å². The molecule has 3 nitrogen and oxygen atoms in total. The first-order valence-corrected chi connectivity index (χ1v) is 7.05. The number of benzene rings is 1. The van der Waals surface area contributed by atoms with Gasteiger partial charge in [-0.05, 0) is 18.4 Å². The highest BCUT2D eigenvalue weighted by Crippen LogP contribution is 2.28. The molecule has 0 bridgehead atoms. The van der Waals surface area contributed by atoms with Crippen molar-refractivity contribution in [2.45, 2.75) is 39.3 Å². The fraction of sp³-hybridized carbons (Fsp3) is 0.562. The van der Waals surface area contributed by atoms with E-state index in [2.05, 4.69) is 32.9 Å². The Labute approximate surface area is 115 Å². The summed E-state index contributed by atoms with van der Waals surface area (Å²) in [6.45, 7) is 7.56. The van der Waals surface area contributed by atoms with Gasteiger partial charge in [0.1, 0.15) is 6.10 Å². The third-order valence-electron chi connectivity index (χ3n) is 3.59. The van der Waals surface area contributed by atoms with Crippen molar-refractivity contribution >= 4 is 5.91 Å². The van der Waals surface area contributed by atoms with Gasteiger partial charge in [-0.1, -0.05) is 44.2 Å². The van der Waals surface area contributed by atoms with Crippen molar-refractivity contribution in [3.63, 3.8) is 0 Å². The van der Waals surface area contributed by atoms with E-state index in [4.69, 9.17) is 4.74 Å². The zero-order chi connectivity index (χ0) is 13.8. The lowest BCUT2D eigenvalue weighted by Gasteiger charge is -2.40. The van der Waals surface area contributed by atoms with Gasteiger partial charge in [0.05, 0.1) is 12.6 Å². The Bertz CT molecular complexity index is 416. The summed E-state index contributed by atoms with van der Waals surface area (Å²) in [7, 11) is 0. The lowest BCUT2D eigenvalue weighted by Crippen LogP contribution is -2.48. The first-order chi connectivity index (χ1) is 9.09. The number of morpholine rings is 1. The number of nitrogens with zero attached hydrogens (tertiary/aromatic N) is 1. The van der Waals surface area contributed by atoms with E-state index in [0.29, 0.717) is 25.5 Å². The highest BCUT2D eigenvalue weighted by Gasteiger charge is 2.32. The molecular weight excluding hydrogens is 238 g/mol. The average Bonchev–Trinajstić information content (AvgIpc) is 2.39. The Hall–Kier alpha value is -1.35. The Morgan fingerprint density at radius 1 is 1.37 bits per heavy atom. The summed E-state index contributed by atoms with van der Waals surface area (Å²) in [6.07, 6.45) is 0.609. The fourth-order valence-corrected chi connectivity index (χ4v) is 2.62. The molecule has 1 saturated heterocycles. The molecule has 0 N–H and O–H groups in total. The summed E-state index contributed by atoms with van der Waals surface area (Å²) < 4.78 is 5.87. The van der Waals surface area contributed by atoms with E-state index in [1.165, 1.54) is 0 Å². The lowest BCUT2D eigenvalue weighted by molar-refractivity contribution is -0.146. The Morgan fingerprint density at radius 2 is 2.05 bits per heavy atom. The van der Waals surface area contributed by atoms with Crippen molar-refractivity contribution < 1.29 is 9.53 Å². The van der Waals surface area contributed by atoms with Crippen molar-refractivity contribution in [1.82, 2.24) is 4.90 Å². The molecule has 1 amide bonds. The monoisotopic (exact) mass is 261 g/mol. The largest absolute Gasteiger partial charge is 0.370 e. The molecule has 1 aromatic carbocycles. The minimum atomic E-state index is -0.00828. The molecular formula is C16H23NO2. The molecule has 1 fully saturated rings. The van der Waals surface area contributed by atoms with Gasteiger partial charge in [-0.25, -0.2) is 0 Å². The van der Waals surface area contributed by atoms with Gasteiger partial charge in [0, 0.05) is 13.0 Å². The summed E-state index contributed by atoms with van der Waals surface area (Å²) >= 11 is 0. The number of ether oxygens (including phenoxy) is 1. The zero-order valence-electron chi connectivity index (χ0n) is 12.0. The van der Waals surface area contributed by atoms with Crippen LogP contribution in [0.3, 0.4) is 0 Å². The number of carbonyl (C=O) groups excluding carboxylic acids is 1. The Morgan fingerprint density at radius 3 is 2.68 bits per heavy atom. The zero-order valence-corrected chi connectivity index (χ0v) is 12.0. The van der Waals surface area contributed by atoms with Crippen LogP contribution in [0.2, 0.25) is 0 Å². The van der Waals surface area contributed by atoms with Crippen molar-refractivity contribution in [3.05, 3.63) is 35.9 Å². The molecule has 1 heterocycles. The maximum atomic E-state index is 12.3. The van der Waals surface area contributed by atoms with Crippen LogP contribution in [0.5, 0.6) is 0 Å². The fourth-order valence-electron chi connectivity index (χ4n) is 2.62. The minimum absolute atomic E-state index is 0.00828. The van der Waals surface area contributed by atoms with Gasteiger partial charge in [-0.2, -0.15) is 0 Å². The predicted octanol–water partition coefficient (Wildman–Crippen LogP) is 3.02. The third kappa shape index (κ3) is 3.35. The normalized spacial score (nSPS) is 23.7. The molecule has 1 aliphatic heterocycles. The second-order valence-electron chi connectivity index (χ2n) is 5.63. The van der Waals surface area contributed by atoms with Crippen LogP contribution >= 0.6 is 0 Å². The molecule has 0 spiro atoms. The van der Waals surface area contributed by atoms with E-state index in [0.717, 1.165) is 5.56 Å². The first kappa shape index (κ1) is 14.1. The molecule has 0 aliphatic carbocycles. The van der Waals surface area contributed by atoms with Crippen LogP contribution in [-0.2, 0) is 9.53 Å². The molecule has 0 aromatic heterocycles. The number of rotatable bonds is 3. The molecule has 0 saturated carbocycles. The summed E-state index contributed by atoms with van der Waals surface area (Å²) in [6, 6.07) is 10.3. The smallest absolute Gasteiger partial charge is 0.223 e. The van der Waals surface area contributed by atoms with Gasteiger partial charge in [0.15, 0.2) is 0 Å². The molecule has 0 radical (unpaired) electrons. The van der Waals surface area contributed by atoms with Crippen LogP contribution in [0.25, 0.3) is 0 Å². The summed E-state index contributed by atoms with van der Waals surface area (Å²) in [5.41, 5.74) is 1.15. The van der Waals surface area contributed by atoms with Crippen molar-refractivity contribution in [2.75, 3.05) is 13.2 Å². The molecule has 3 heteroatoms. The molecule has 2 rings (SSSR count). The topological polar surface area (TPSA) is 29.5 Å². The van der Waals surface area contributed by atoms with Gasteiger partial charge >= 0.3 is 0 Å². The SMILES string of the molecule is CC(C)CC(=O)N1CCOC(c2ccccc2)C1C. The molecule has 1 aliphatic rings. The van der Waals surface area contributed by atoms with Crippen molar-refractivity contribution in [1.29, 1.82) is 0 Å². The van der Waals surface area contributed by atoms with Gasteiger partial charge in [-0.3, -0.25) is 4.79 Å². The maximum absolute atomic E-state index is 12.3. The van der Waals surface area contributed by atoms with Crippen LogP contribution in [0.1, 0.15) is 38.9 Å². The Balaban J connectivity index is 2.10. The van der Waals surface area contributed by atoms with Crippen LogP contribution in [-0.4, -0.2) is 30.0 Å². The molecule has 2 atom stereocenters. The van der Waals surface area contributed by atoms with E-state index >= 15 is 0 Å². The van der Waals surface area contributed by atoms with Gasteiger partial charge in [-0.15, -0.1) is 0 Å². The second-order valence-corrected chi connectivity index (χ2v) is 5.63. The van der Waals surface area contributed by atoms with Crippen LogP contribution in [0.15, 0.2) is 30.3 Å². The van der Waals surface area contributed by atoms with Gasteiger partial charge < -0.3 is 9.64 Å². The average molecular weight is 261 g/mol. The molecule has 2 unspecified atom stereocenters. The Kier molecular flexibility index (Phi) is 4.59.